The Bertz CT molecular complexity index is 679. The molecule has 2 aromatic heterocycles. The van der Waals surface area contributed by atoms with Crippen molar-refractivity contribution >= 4 is 11.5 Å². The monoisotopic (exact) mass is 243 g/mol. The molecule has 0 aliphatic rings. The van der Waals surface area contributed by atoms with E-state index in [1.165, 1.54) is 6.07 Å². The van der Waals surface area contributed by atoms with E-state index in [-0.39, 0.29) is 5.82 Å². The number of anilines is 1. The quantitative estimate of drug-likeness (QED) is 0.763. The molecule has 90 valence electrons. The number of halogens is 1. The number of aromatic nitrogens is 4. The van der Waals surface area contributed by atoms with Gasteiger partial charge in [0.05, 0.1) is 0 Å². The van der Waals surface area contributed by atoms with Gasteiger partial charge in [-0.15, -0.1) is 10.2 Å². The number of hydrogen-bond acceptors (Lipinski definition) is 4. The van der Waals surface area contributed by atoms with Crippen LogP contribution in [0.25, 0.3) is 5.65 Å². The molecule has 0 saturated heterocycles. The first-order valence-corrected chi connectivity index (χ1v) is 5.46. The number of nitrogens with zero attached hydrogens (tertiary/aromatic N) is 4. The topological polar surface area (TPSA) is 55.1 Å². The van der Waals surface area contributed by atoms with E-state index in [9.17, 15) is 4.39 Å². The van der Waals surface area contributed by atoms with Crippen LogP contribution in [0.5, 0.6) is 0 Å². The molecule has 0 bridgehead atoms. The molecule has 3 aromatic rings. The summed E-state index contributed by atoms with van der Waals surface area (Å²) < 4.78 is 15.2. The van der Waals surface area contributed by atoms with Crippen LogP contribution in [-0.4, -0.2) is 19.6 Å². The highest BCUT2D eigenvalue weighted by molar-refractivity contribution is 5.61. The molecule has 0 spiro atoms. The molecule has 1 N–H and O–H groups in total. The molecule has 0 aliphatic heterocycles. The Morgan fingerprint density at radius 1 is 1.28 bits per heavy atom. The highest BCUT2D eigenvalue weighted by Crippen LogP contribution is 2.13. The normalized spacial score (nSPS) is 10.7. The van der Waals surface area contributed by atoms with E-state index in [0.717, 1.165) is 0 Å². The largest absolute Gasteiger partial charge is 0.363 e. The third-order valence-electron chi connectivity index (χ3n) is 2.62. The highest BCUT2D eigenvalue weighted by Gasteiger charge is 2.05. The van der Waals surface area contributed by atoms with Crippen LogP contribution >= 0.6 is 0 Å². The second kappa shape index (κ2) is 4.40. The summed E-state index contributed by atoms with van der Waals surface area (Å²) in [6.07, 6.45) is 4.98. The molecule has 1 aromatic carbocycles. The first-order chi connectivity index (χ1) is 8.84. The van der Waals surface area contributed by atoms with Crippen LogP contribution in [-0.2, 0) is 6.54 Å². The Labute approximate surface area is 102 Å². The Morgan fingerprint density at radius 3 is 3.06 bits per heavy atom. The zero-order valence-corrected chi connectivity index (χ0v) is 9.42. The Morgan fingerprint density at radius 2 is 2.17 bits per heavy atom. The second-order valence-electron chi connectivity index (χ2n) is 3.78. The van der Waals surface area contributed by atoms with Crippen molar-refractivity contribution in [2.24, 2.45) is 0 Å². The average Bonchev–Trinajstić information content (AvgIpc) is 2.86. The molecule has 0 aliphatic carbocycles. The van der Waals surface area contributed by atoms with Gasteiger partial charge in [-0.3, -0.25) is 4.40 Å². The highest BCUT2D eigenvalue weighted by atomic mass is 19.1. The fraction of sp³-hybridized carbons (Fsp3) is 0.0833. The van der Waals surface area contributed by atoms with Crippen molar-refractivity contribution < 1.29 is 4.39 Å². The van der Waals surface area contributed by atoms with Gasteiger partial charge in [0, 0.05) is 24.5 Å². The zero-order chi connectivity index (χ0) is 12.4. The van der Waals surface area contributed by atoms with E-state index in [1.807, 2.05) is 0 Å². The summed E-state index contributed by atoms with van der Waals surface area (Å²) in [7, 11) is 0. The standard InChI is InChI=1S/C12H10FN5/c13-10-4-2-1-3-9(10)7-15-11-12-17-16-8-18(12)6-5-14-11/h1-6,8H,7H2,(H,14,15). The lowest BCUT2D eigenvalue weighted by Gasteiger charge is -2.06. The van der Waals surface area contributed by atoms with Gasteiger partial charge in [0.2, 0.25) is 5.65 Å². The Kier molecular flexibility index (Phi) is 2.60. The molecule has 0 atom stereocenters. The molecule has 2 heterocycles. The number of nitrogens with one attached hydrogen (secondary N) is 1. The molecule has 18 heavy (non-hydrogen) atoms. The average molecular weight is 243 g/mol. The van der Waals surface area contributed by atoms with Gasteiger partial charge in [0.25, 0.3) is 0 Å². The molecular formula is C12H10FN5. The van der Waals surface area contributed by atoms with Crippen molar-refractivity contribution in [1.29, 1.82) is 0 Å². The maximum absolute atomic E-state index is 13.5. The minimum Gasteiger partial charge on any atom is -0.363 e. The molecule has 0 saturated carbocycles. The number of fused-ring (bicyclic) bond motifs is 1. The van der Waals surface area contributed by atoms with Crippen LogP contribution in [0.2, 0.25) is 0 Å². The van der Waals surface area contributed by atoms with Crippen LogP contribution in [0.4, 0.5) is 10.2 Å². The molecule has 6 heteroatoms. The van der Waals surface area contributed by atoms with Gasteiger partial charge >= 0.3 is 0 Å². The lowest BCUT2D eigenvalue weighted by molar-refractivity contribution is 0.613. The van der Waals surface area contributed by atoms with Crippen molar-refractivity contribution in [2.75, 3.05) is 5.32 Å². The second-order valence-corrected chi connectivity index (χ2v) is 3.78. The number of hydrogen-bond donors (Lipinski definition) is 1. The predicted molar refractivity (Wildman–Crippen MR) is 64.5 cm³/mol. The van der Waals surface area contributed by atoms with Gasteiger partial charge in [-0.05, 0) is 6.07 Å². The Balaban J connectivity index is 1.85. The van der Waals surface area contributed by atoms with Crippen molar-refractivity contribution in [3.05, 3.63) is 54.4 Å². The van der Waals surface area contributed by atoms with Crippen LogP contribution in [0.15, 0.2) is 43.0 Å². The maximum Gasteiger partial charge on any atom is 0.203 e. The van der Waals surface area contributed by atoms with Crippen molar-refractivity contribution in [3.63, 3.8) is 0 Å². The van der Waals surface area contributed by atoms with E-state index in [1.54, 1.807) is 41.3 Å². The van der Waals surface area contributed by atoms with Crippen molar-refractivity contribution in [1.82, 2.24) is 19.6 Å². The summed E-state index contributed by atoms with van der Waals surface area (Å²) >= 11 is 0. The summed E-state index contributed by atoms with van der Waals surface area (Å²) in [5, 5.41) is 10.8. The summed E-state index contributed by atoms with van der Waals surface area (Å²) in [6.45, 7) is 0.353. The minimum absolute atomic E-state index is 0.238. The van der Waals surface area contributed by atoms with Crippen molar-refractivity contribution in [3.8, 4) is 0 Å². The van der Waals surface area contributed by atoms with E-state index in [2.05, 4.69) is 20.5 Å². The van der Waals surface area contributed by atoms with Gasteiger partial charge in [-0.25, -0.2) is 9.37 Å². The summed E-state index contributed by atoms with van der Waals surface area (Å²) in [6, 6.07) is 6.62. The molecule has 0 amide bonds. The zero-order valence-electron chi connectivity index (χ0n) is 9.42. The van der Waals surface area contributed by atoms with E-state index < -0.39 is 0 Å². The third kappa shape index (κ3) is 1.88. The van der Waals surface area contributed by atoms with E-state index >= 15 is 0 Å². The van der Waals surface area contributed by atoms with Gasteiger partial charge < -0.3 is 5.32 Å². The van der Waals surface area contributed by atoms with E-state index in [4.69, 9.17) is 0 Å². The molecule has 0 radical (unpaired) electrons. The first kappa shape index (κ1) is 10.6. The van der Waals surface area contributed by atoms with Gasteiger partial charge in [-0.1, -0.05) is 18.2 Å². The van der Waals surface area contributed by atoms with Crippen LogP contribution < -0.4 is 5.32 Å². The number of benzene rings is 1. The lowest BCUT2D eigenvalue weighted by atomic mass is 10.2. The van der Waals surface area contributed by atoms with Crippen molar-refractivity contribution in [2.45, 2.75) is 6.54 Å². The van der Waals surface area contributed by atoms with Gasteiger partial charge in [0.15, 0.2) is 5.82 Å². The fourth-order valence-electron chi connectivity index (χ4n) is 1.70. The SMILES string of the molecule is Fc1ccccc1CNc1nccn2cnnc12. The first-order valence-electron chi connectivity index (χ1n) is 5.46. The molecule has 3 rings (SSSR count). The van der Waals surface area contributed by atoms with Crippen LogP contribution in [0.3, 0.4) is 0 Å². The summed E-state index contributed by atoms with van der Waals surface area (Å²) in [4.78, 5) is 4.17. The van der Waals surface area contributed by atoms with Gasteiger partial charge in [0.1, 0.15) is 12.1 Å². The molecule has 0 fully saturated rings. The summed E-state index contributed by atoms with van der Waals surface area (Å²) in [5.74, 6) is 0.344. The third-order valence-corrected chi connectivity index (χ3v) is 2.62. The fourth-order valence-corrected chi connectivity index (χ4v) is 1.70. The maximum atomic E-state index is 13.5. The summed E-state index contributed by atoms with van der Waals surface area (Å²) in [5.41, 5.74) is 1.20. The number of rotatable bonds is 3. The molecular weight excluding hydrogens is 233 g/mol. The lowest BCUT2D eigenvalue weighted by Crippen LogP contribution is -2.05. The predicted octanol–water partition coefficient (Wildman–Crippen LogP) is 1.88. The van der Waals surface area contributed by atoms with E-state index in [0.29, 0.717) is 23.6 Å². The molecule has 0 unspecified atom stereocenters. The minimum atomic E-state index is -0.238. The van der Waals surface area contributed by atoms with Gasteiger partial charge in [-0.2, -0.15) is 0 Å². The Hall–Kier alpha value is -2.50. The van der Waals surface area contributed by atoms with Crippen LogP contribution in [0, 0.1) is 5.82 Å². The molecule has 5 nitrogen and oxygen atoms in total. The smallest absolute Gasteiger partial charge is 0.203 e. The van der Waals surface area contributed by atoms with Crippen LogP contribution in [0.1, 0.15) is 5.56 Å².